The first-order valence-corrected chi connectivity index (χ1v) is 9.43. The SMILES string of the molecule is Cc1cc([C@]2(C(F)(F)F)C=C3c4ccccc4CC(C)(C)N3C2=O)cc(C)c1O. The average Bonchev–Trinajstić information content (AvgIpc) is 2.94. The van der Waals surface area contributed by atoms with E-state index in [4.69, 9.17) is 0 Å². The number of phenolic OH excluding ortho intramolecular Hbond substituents is 1. The van der Waals surface area contributed by atoms with E-state index in [1.54, 1.807) is 26.0 Å². The fourth-order valence-electron chi connectivity index (χ4n) is 4.64. The molecule has 0 spiro atoms. The largest absolute Gasteiger partial charge is 0.507 e. The Hall–Kier alpha value is -2.76. The molecule has 0 radical (unpaired) electrons. The normalized spacial score (nSPS) is 22.9. The summed E-state index contributed by atoms with van der Waals surface area (Å²) in [6, 6.07) is 9.80. The van der Waals surface area contributed by atoms with E-state index >= 15 is 0 Å². The number of hydrogen-bond donors (Lipinski definition) is 1. The van der Waals surface area contributed by atoms with Gasteiger partial charge in [-0.15, -0.1) is 0 Å². The van der Waals surface area contributed by atoms with Gasteiger partial charge in [-0.3, -0.25) is 4.79 Å². The van der Waals surface area contributed by atoms with Crippen LogP contribution in [0.3, 0.4) is 0 Å². The Labute approximate surface area is 167 Å². The van der Waals surface area contributed by atoms with Crippen molar-refractivity contribution in [1.82, 2.24) is 4.90 Å². The molecule has 0 saturated heterocycles. The van der Waals surface area contributed by atoms with Crippen molar-refractivity contribution in [3.05, 3.63) is 70.3 Å². The van der Waals surface area contributed by atoms with Gasteiger partial charge in [0.2, 0.25) is 0 Å². The van der Waals surface area contributed by atoms with Gasteiger partial charge in [0, 0.05) is 16.8 Å². The molecule has 4 rings (SSSR count). The van der Waals surface area contributed by atoms with E-state index in [1.807, 2.05) is 12.1 Å². The molecule has 6 heteroatoms. The number of phenols is 1. The molecule has 0 aromatic heterocycles. The van der Waals surface area contributed by atoms with Crippen molar-refractivity contribution in [3.8, 4) is 5.75 Å². The van der Waals surface area contributed by atoms with Crippen molar-refractivity contribution >= 4 is 11.6 Å². The van der Waals surface area contributed by atoms with Gasteiger partial charge in [-0.05, 0) is 62.4 Å². The zero-order valence-corrected chi connectivity index (χ0v) is 16.7. The number of carbonyl (C=O) groups is 1. The minimum Gasteiger partial charge on any atom is -0.507 e. The summed E-state index contributed by atoms with van der Waals surface area (Å²) in [5, 5.41) is 10.1. The smallest absolute Gasteiger partial charge is 0.410 e. The summed E-state index contributed by atoms with van der Waals surface area (Å²) in [6.45, 7) is 6.65. The summed E-state index contributed by atoms with van der Waals surface area (Å²) in [4.78, 5) is 14.8. The Balaban J connectivity index is 2.06. The van der Waals surface area contributed by atoms with Crippen LogP contribution < -0.4 is 0 Å². The Morgan fingerprint density at radius 2 is 1.66 bits per heavy atom. The second-order valence-corrected chi connectivity index (χ2v) is 8.58. The Morgan fingerprint density at radius 3 is 2.24 bits per heavy atom. The number of aryl methyl sites for hydroxylation is 2. The maximum absolute atomic E-state index is 14.6. The van der Waals surface area contributed by atoms with E-state index in [1.165, 1.54) is 30.9 Å². The summed E-state index contributed by atoms with van der Waals surface area (Å²) in [5.41, 5.74) is -1.28. The lowest BCUT2D eigenvalue weighted by Crippen LogP contribution is -2.56. The lowest BCUT2D eigenvalue weighted by atomic mass is 9.78. The maximum Gasteiger partial charge on any atom is 0.410 e. The van der Waals surface area contributed by atoms with Gasteiger partial charge in [-0.2, -0.15) is 13.2 Å². The van der Waals surface area contributed by atoms with Gasteiger partial charge in [0.15, 0.2) is 5.41 Å². The Bertz CT molecular complexity index is 1050. The highest BCUT2D eigenvalue weighted by Gasteiger charge is 2.67. The van der Waals surface area contributed by atoms with Crippen LogP contribution in [0.5, 0.6) is 5.75 Å². The fourth-order valence-corrected chi connectivity index (χ4v) is 4.64. The first-order valence-electron chi connectivity index (χ1n) is 9.43. The van der Waals surface area contributed by atoms with Crippen molar-refractivity contribution in [2.24, 2.45) is 0 Å². The van der Waals surface area contributed by atoms with Crippen LogP contribution in [0.15, 0.2) is 42.5 Å². The Morgan fingerprint density at radius 1 is 1.07 bits per heavy atom. The highest BCUT2D eigenvalue weighted by atomic mass is 19.4. The molecule has 3 nitrogen and oxygen atoms in total. The number of alkyl halides is 3. The lowest BCUT2D eigenvalue weighted by Gasteiger charge is -2.43. The number of nitrogens with zero attached hydrogens (tertiary/aromatic N) is 1. The van der Waals surface area contributed by atoms with Crippen molar-refractivity contribution in [2.45, 2.75) is 51.2 Å². The van der Waals surface area contributed by atoms with Gasteiger partial charge in [0.05, 0.1) is 0 Å². The van der Waals surface area contributed by atoms with Crippen LogP contribution in [0.25, 0.3) is 5.70 Å². The van der Waals surface area contributed by atoms with Crippen LogP contribution in [-0.4, -0.2) is 27.6 Å². The molecule has 1 amide bonds. The first kappa shape index (κ1) is 19.6. The number of amides is 1. The number of fused-ring (bicyclic) bond motifs is 3. The average molecular weight is 401 g/mol. The molecule has 2 aromatic carbocycles. The third kappa shape index (κ3) is 2.54. The van der Waals surface area contributed by atoms with Gasteiger partial charge in [-0.1, -0.05) is 36.4 Å². The van der Waals surface area contributed by atoms with Gasteiger partial charge >= 0.3 is 6.18 Å². The summed E-state index contributed by atoms with van der Waals surface area (Å²) < 4.78 is 43.9. The maximum atomic E-state index is 14.6. The monoisotopic (exact) mass is 401 g/mol. The second-order valence-electron chi connectivity index (χ2n) is 8.58. The third-order valence-electron chi connectivity index (χ3n) is 6.05. The molecular weight excluding hydrogens is 379 g/mol. The molecule has 0 unspecified atom stereocenters. The van der Waals surface area contributed by atoms with Crippen molar-refractivity contribution in [3.63, 3.8) is 0 Å². The molecule has 0 saturated carbocycles. The molecule has 2 aliphatic rings. The third-order valence-corrected chi connectivity index (χ3v) is 6.05. The number of rotatable bonds is 1. The van der Waals surface area contributed by atoms with Crippen LogP contribution in [-0.2, 0) is 16.6 Å². The molecule has 29 heavy (non-hydrogen) atoms. The predicted octanol–water partition coefficient (Wildman–Crippen LogP) is 5.03. The number of hydrogen-bond acceptors (Lipinski definition) is 2. The van der Waals surface area contributed by atoms with E-state index in [0.29, 0.717) is 28.8 Å². The molecule has 0 fully saturated rings. The van der Waals surface area contributed by atoms with Crippen molar-refractivity contribution in [2.75, 3.05) is 0 Å². The standard InChI is InChI=1S/C23H22F3NO2/c1-13-9-16(10-14(2)19(13)28)22(23(24,25)26)12-18-17-8-6-5-7-15(17)11-21(3,4)27(18)20(22)29/h5-10,12,28H,11H2,1-4H3/t22-/m1/s1. The van der Waals surface area contributed by atoms with E-state index in [0.717, 1.165) is 11.6 Å². The minimum absolute atomic E-state index is 0.0624. The van der Waals surface area contributed by atoms with Crippen LogP contribution in [0.1, 0.15) is 41.7 Å². The summed E-state index contributed by atoms with van der Waals surface area (Å²) >= 11 is 0. The van der Waals surface area contributed by atoms with E-state index < -0.39 is 23.0 Å². The Kier molecular flexibility index (Phi) is 3.96. The predicted molar refractivity (Wildman–Crippen MR) is 104 cm³/mol. The summed E-state index contributed by atoms with van der Waals surface area (Å²) in [7, 11) is 0. The molecule has 152 valence electrons. The van der Waals surface area contributed by atoms with Gasteiger partial charge in [0.25, 0.3) is 5.91 Å². The van der Waals surface area contributed by atoms with Crippen molar-refractivity contribution < 1.29 is 23.1 Å². The van der Waals surface area contributed by atoms with Crippen LogP contribution in [0.2, 0.25) is 0 Å². The van der Waals surface area contributed by atoms with Crippen LogP contribution in [0.4, 0.5) is 13.2 Å². The van der Waals surface area contributed by atoms with E-state index in [-0.39, 0.29) is 11.3 Å². The zero-order valence-electron chi connectivity index (χ0n) is 16.7. The highest BCUT2D eigenvalue weighted by Crippen LogP contribution is 2.55. The number of carbonyl (C=O) groups excluding carboxylic acids is 1. The molecular formula is C23H22F3NO2. The van der Waals surface area contributed by atoms with Gasteiger partial charge < -0.3 is 10.0 Å². The first-order chi connectivity index (χ1) is 13.4. The van der Waals surface area contributed by atoms with Gasteiger partial charge in [0.1, 0.15) is 5.75 Å². The summed E-state index contributed by atoms with van der Waals surface area (Å²) in [6.07, 6.45) is -3.30. The topological polar surface area (TPSA) is 40.5 Å². The van der Waals surface area contributed by atoms with Gasteiger partial charge in [-0.25, -0.2) is 0 Å². The molecule has 1 N–H and O–H groups in total. The molecule has 1 atom stereocenters. The molecule has 2 aliphatic heterocycles. The number of aromatic hydroxyl groups is 1. The molecule has 0 aliphatic carbocycles. The highest BCUT2D eigenvalue weighted by molar-refractivity contribution is 6.05. The minimum atomic E-state index is -4.84. The van der Waals surface area contributed by atoms with Crippen LogP contribution in [0, 0.1) is 13.8 Å². The summed E-state index contributed by atoms with van der Waals surface area (Å²) in [5.74, 6) is -1.06. The number of benzene rings is 2. The molecule has 0 bridgehead atoms. The van der Waals surface area contributed by atoms with Crippen molar-refractivity contribution in [1.29, 1.82) is 0 Å². The number of halogens is 3. The second kappa shape index (κ2) is 5.88. The quantitative estimate of drug-likeness (QED) is 0.728. The van der Waals surface area contributed by atoms with Crippen LogP contribution >= 0.6 is 0 Å². The molecule has 2 heterocycles. The fraction of sp³-hybridized carbons (Fsp3) is 0.348. The van der Waals surface area contributed by atoms with E-state index in [9.17, 15) is 23.1 Å². The molecule has 2 aromatic rings. The lowest BCUT2D eigenvalue weighted by molar-refractivity contribution is -0.187. The zero-order chi connectivity index (χ0) is 21.4. The van der Waals surface area contributed by atoms with E-state index in [2.05, 4.69) is 0 Å².